The van der Waals surface area contributed by atoms with Gasteiger partial charge in [0.15, 0.2) is 4.67 Å². The first-order valence-corrected chi connectivity index (χ1v) is 4.14. The highest BCUT2D eigenvalue weighted by atomic mass is 79.9. The number of hydrogen-bond acceptors (Lipinski definition) is 4. The van der Waals surface area contributed by atoms with Crippen molar-refractivity contribution in [2.24, 2.45) is 5.10 Å². The molecule has 1 amide bonds. The van der Waals surface area contributed by atoms with Gasteiger partial charge in [-0.05, 0) is 28.1 Å². The van der Waals surface area contributed by atoms with E-state index in [4.69, 9.17) is 4.42 Å². The van der Waals surface area contributed by atoms with Gasteiger partial charge in [0, 0.05) is 0 Å². The lowest BCUT2D eigenvalue weighted by molar-refractivity contribution is 0.171. The first-order chi connectivity index (χ1) is 6.22. The van der Waals surface area contributed by atoms with Crippen LogP contribution >= 0.6 is 15.9 Å². The number of nitrogens with one attached hydrogen (secondary N) is 1. The minimum atomic E-state index is -0.623. The van der Waals surface area contributed by atoms with Crippen LogP contribution < -0.4 is 5.43 Å². The Morgan fingerprint density at radius 1 is 1.77 bits per heavy atom. The number of furan rings is 1. The zero-order valence-electron chi connectivity index (χ0n) is 6.78. The van der Waals surface area contributed by atoms with E-state index in [-0.39, 0.29) is 0 Å². The lowest BCUT2D eigenvalue weighted by atomic mass is 10.5. The van der Waals surface area contributed by atoms with Crippen LogP contribution in [0.15, 0.2) is 26.3 Å². The fourth-order valence-corrected chi connectivity index (χ4v) is 0.911. The molecule has 0 aliphatic rings. The maximum Gasteiger partial charge on any atom is 0.427 e. The fraction of sp³-hybridized carbons (Fsp3) is 0.143. The van der Waals surface area contributed by atoms with Gasteiger partial charge in [0.1, 0.15) is 5.76 Å². The van der Waals surface area contributed by atoms with Gasteiger partial charge in [-0.15, -0.1) is 0 Å². The Hall–Kier alpha value is -1.30. The van der Waals surface area contributed by atoms with Crippen molar-refractivity contribution in [1.29, 1.82) is 0 Å². The van der Waals surface area contributed by atoms with Crippen molar-refractivity contribution >= 4 is 28.2 Å². The minimum absolute atomic E-state index is 0.531. The van der Waals surface area contributed by atoms with E-state index in [1.54, 1.807) is 12.1 Å². The van der Waals surface area contributed by atoms with Gasteiger partial charge in [0.05, 0.1) is 13.3 Å². The van der Waals surface area contributed by atoms with Gasteiger partial charge in [-0.3, -0.25) is 0 Å². The molecule has 5 nitrogen and oxygen atoms in total. The van der Waals surface area contributed by atoms with E-state index in [1.807, 2.05) is 0 Å². The van der Waals surface area contributed by atoms with E-state index in [0.29, 0.717) is 10.4 Å². The number of nitrogens with zero attached hydrogens (tertiary/aromatic N) is 1. The average molecular weight is 247 g/mol. The van der Waals surface area contributed by atoms with Gasteiger partial charge in [-0.25, -0.2) is 10.2 Å². The molecule has 70 valence electrons. The number of methoxy groups -OCH3 is 1. The van der Waals surface area contributed by atoms with E-state index in [9.17, 15) is 4.79 Å². The molecule has 6 heteroatoms. The quantitative estimate of drug-likeness (QED) is 0.639. The molecule has 1 heterocycles. The molecule has 0 bridgehead atoms. The Morgan fingerprint density at radius 2 is 2.54 bits per heavy atom. The summed E-state index contributed by atoms with van der Waals surface area (Å²) in [5, 5.41) is 3.56. The Morgan fingerprint density at radius 3 is 3.08 bits per heavy atom. The summed E-state index contributed by atoms with van der Waals surface area (Å²) in [7, 11) is 1.26. The van der Waals surface area contributed by atoms with Crippen molar-refractivity contribution in [3.8, 4) is 0 Å². The van der Waals surface area contributed by atoms with Crippen LogP contribution in [0.2, 0.25) is 0 Å². The predicted octanol–water partition coefficient (Wildman–Crippen LogP) is 1.73. The third-order valence-electron chi connectivity index (χ3n) is 1.13. The second-order valence-corrected chi connectivity index (χ2v) is 2.79. The van der Waals surface area contributed by atoms with Gasteiger partial charge in [-0.2, -0.15) is 5.10 Å². The van der Waals surface area contributed by atoms with Crippen molar-refractivity contribution < 1.29 is 13.9 Å². The Labute approximate surface area is 82.9 Å². The molecule has 0 aliphatic carbocycles. The topological polar surface area (TPSA) is 63.8 Å². The van der Waals surface area contributed by atoms with Crippen molar-refractivity contribution in [3.63, 3.8) is 0 Å². The molecule has 0 aromatic carbocycles. The molecule has 0 saturated carbocycles. The lowest BCUT2D eigenvalue weighted by Gasteiger charge is -1.93. The first-order valence-electron chi connectivity index (χ1n) is 3.34. The Balaban J connectivity index is 2.45. The molecule has 0 saturated heterocycles. The summed E-state index contributed by atoms with van der Waals surface area (Å²) in [6.07, 6.45) is 0.740. The zero-order valence-corrected chi connectivity index (χ0v) is 8.37. The van der Waals surface area contributed by atoms with E-state index in [2.05, 4.69) is 31.2 Å². The molecule has 0 radical (unpaired) electrons. The third-order valence-corrected chi connectivity index (χ3v) is 1.55. The second-order valence-electron chi connectivity index (χ2n) is 2.00. The molecule has 13 heavy (non-hydrogen) atoms. The number of ether oxygens (including phenoxy) is 1. The lowest BCUT2D eigenvalue weighted by Crippen LogP contribution is -2.16. The predicted molar refractivity (Wildman–Crippen MR) is 49.5 cm³/mol. The molecular weight excluding hydrogens is 240 g/mol. The molecule has 0 atom stereocenters. The van der Waals surface area contributed by atoms with E-state index < -0.39 is 6.09 Å². The van der Waals surface area contributed by atoms with Crippen LogP contribution in [-0.2, 0) is 4.74 Å². The van der Waals surface area contributed by atoms with Crippen LogP contribution in [0.4, 0.5) is 4.79 Å². The number of amides is 1. The largest absolute Gasteiger partial charge is 0.452 e. The zero-order chi connectivity index (χ0) is 9.68. The molecule has 1 aromatic heterocycles. The normalized spacial score (nSPS) is 10.3. The van der Waals surface area contributed by atoms with Crippen LogP contribution in [0.1, 0.15) is 5.76 Å². The molecule has 1 N–H and O–H groups in total. The SMILES string of the molecule is COC(=O)N/N=C\c1ccc(Br)o1. The van der Waals surface area contributed by atoms with Crippen molar-refractivity contribution in [1.82, 2.24) is 5.43 Å². The number of hydrazone groups is 1. The maximum atomic E-state index is 10.5. The molecule has 0 aliphatic heterocycles. The van der Waals surface area contributed by atoms with E-state index >= 15 is 0 Å². The van der Waals surface area contributed by atoms with Crippen LogP contribution in [0.5, 0.6) is 0 Å². The van der Waals surface area contributed by atoms with E-state index in [0.717, 1.165) is 0 Å². The van der Waals surface area contributed by atoms with E-state index in [1.165, 1.54) is 13.3 Å². The van der Waals surface area contributed by atoms with Crippen LogP contribution in [0.3, 0.4) is 0 Å². The highest BCUT2D eigenvalue weighted by Gasteiger charge is 1.96. The monoisotopic (exact) mass is 246 g/mol. The standard InChI is InChI=1S/C7H7BrN2O3/c1-12-7(11)10-9-4-5-2-3-6(8)13-5/h2-4H,1H3,(H,10,11)/b9-4-. The Kier molecular flexibility index (Phi) is 3.51. The summed E-state index contributed by atoms with van der Waals surface area (Å²) in [4.78, 5) is 10.5. The number of carbonyl (C=O) groups is 1. The van der Waals surface area contributed by atoms with Crippen molar-refractivity contribution in [2.45, 2.75) is 0 Å². The van der Waals surface area contributed by atoms with Gasteiger partial charge in [0.2, 0.25) is 0 Å². The molecule has 1 aromatic rings. The highest BCUT2D eigenvalue weighted by Crippen LogP contribution is 2.11. The summed E-state index contributed by atoms with van der Waals surface area (Å²) in [5.74, 6) is 0.531. The van der Waals surface area contributed by atoms with Crippen LogP contribution in [-0.4, -0.2) is 19.4 Å². The second kappa shape index (κ2) is 4.66. The fourth-order valence-electron chi connectivity index (χ4n) is 0.592. The highest BCUT2D eigenvalue weighted by molar-refractivity contribution is 9.10. The summed E-state index contributed by atoms with van der Waals surface area (Å²) < 4.78 is 9.97. The summed E-state index contributed by atoms with van der Waals surface area (Å²) >= 11 is 3.13. The van der Waals surface area contributed by atoms with Crippen LogP contribution in [0.25, 0.3) is 0 Å². The van der Waals surface area contributed by atoms with Gasteiger partial charge < -0.3 is 9.15 Å². The molecule has 0 fully saturated rings. The van der Waals surface area contributed by atoms with Crippen molar-refractivity contribution in [3.05, 3.63) is 22.6 Å². The van der Waals surface area contributed by atoms with Crippen LogP contribution in [0, 0.1) is 0 Å². The number of halogens is 1. The molecular formula is C7H7BrN2O3. The maximum absolute atomic E-state index is 10.5. The van der Waals surface area contributed by atoms with Gasteiger partial charge in [0.25, 0.3) is 0 Å². The molecule has 0 spiro atoms. The molecule has 1 rings (SSSR count). The summed E-state index contributed by atoms with van der Waals surface area (Å²) in [6.45, 7) is 0. The number of carbonyl (C=O) groups excluding carboxylic acids is 1. The first kappa shape index (κ1) is 9.79. The average Bonchev–Trinajstić information content (AvgIpc) is 2.51. The van der Waals surface area contributed by atoms with Gasteiger partial charge in [-0.1, -0.05) is 0 Å². The Bertz CT molecular complexity index is 321. The summed E-state index contributed by atoms with van der Waals surface area (Å²) in [5.41, 5.74) is 2.12. The van der Waals surface area contributed by atoms with Gasteiger partial charge >= 0.3 is 6.09 Å². The molecule has 0 unspecified atom stereocenters. The number of rotatable bonds is 2. The summed E-state index contributed by atoms with van der Waals surface area (Å²) in [6, 6.07) is 3.42. The minimum Gasteiger partial charge on any atom is -0.452 e. The smallest absolute Gasteiger partial charge is 0.427 e. The third kappa shape index (κ3) is 3.29. The number of hydrogen-bond donors (Lipinski definition) is 1. The van der Waals surface area contributed by atoms with Crippen molar-refractivity contribution in [2.75, 3.05) is 7.11 Å².